The van der Waals surface area contributed by atoms with Gasteiger partial charge in [0.15, 0.2) is 0 Å². The molecule has 4 N–H and O–H groups in total. The van der Waals surface area contributed by atoms with E-state index in [1.54, 1.807) is 12.1 Å². The Kier molecular flexibility index (Phi) is 4.45. The average molecular weight is 236 g/mol. The number of rotatable bonds is 5. The molecule has 1 aromatic rings. The molecule has 1 unspecified atom stereocenters. The van der Waals surface area contributed by atoms with Crippen LogP contribution in [0.15, 0.2) is 18.3 Å². The highest BCUT2D eigenvalue weighted by Gasteiger charge is 2.13. The third kappa shape index (κ3) is 3.75. The van der Waals surface area contributed by atoms with Crippen molar-refractivity contribution < 1.29 is 9.59 Å². The highest BCUT2D eigenvalue weighted by Crippen LogP contribution is 2.04. The van der Waals surface area contributed by atoms with Crippen LogP contribution in [0.1, 0.15) is 24.2 Å². The van der Waals surface area contributed by atoms with Gasteiger partial charge in [0, 0.05) is 12.7 Å². The molecule has 6 nitrogen and oxygen atoms in total. The van der Waals surface area contributed by atoms with Gasteiger partial charge in [0.25, 0.3) is 5.91 Å². The van der Waals surface area contributed by atoms with Crippen LogP contribution in [0.5, 0.6) is 0 Å². The van der Waals surface area contributed by atoms with Crippen LogP contribution in [-0.2, 0) is 4.79 Å². The van der Waals surface area contributed by atoms with Crippen molar-refractivity contribution in [1.29, 1.82) is 0 Å². The average Bonchev–Trinajstić information content (AvgIpc) is 2.30. The quantitative estimate of drug-likeness (QED) is 0.676. The Labute approximate surface area is 99.6 Å². The summed E-state index contributed by atoms with van der Waals surface area (Å²) in [5.41, 5.74) is 5.44. The lowest BCUT2D eigenvalue weighted by atomic mass is 10.2. The number of nitrogens with zero attached hydrogens (tertiary/aromatic N) is 1. The van der Waals surface area contributed by atoms with Gasteiger partial charge in [-0.25, -0.2) is 4.98 Å². The summed E-state index contributed by atoms with van der Waals surface area (Å²) in [5, 5.41) is 5.49. The minimum absolute atomic E-state index is 0.369. The molecule has 1 rings (SSSR count). The van der Waals surface area contributed by atoms with Crippen LogP contribution in [0, 0.1) is 0 Å². The topological polar surface area (TPSA) is 97.1 Å². The molecule has 0 spiro atoms. The first-order valence-electron chi connectivity index (χ1n) is 5.34. The summed E-state index contributed by atoms with van der Waals surface area (Å²) in [5.74, 6) is -0.241. The van der Waals surface area contributed by atoms with Gasteiger partial charge in [-0.05, 0) is 26.0 Å². The van der Waals surface area contributed by atoms with Gasteiger partial charge in [-0.2, -0.15) is 0 Å². The van der Waals surface area contributed by atoms with E-state index in [4.69, 9.17) is 5.73 Å². The van der Waals surface area contributed by atoms with Gasteiger partial charge in [0.05, 0.1) is 5.56 Å². The summed E-state index contributed by atoms with van der Waals surface area (Å²) < 4.78 is 0. The number of hydrogen-bond acceptors (Lipinski definition) is 4. The first kappa shape index (κ1) is 13.0. The molecule has 6 heteroatoms. The second kappa shape index (κ2) is 5.83. The normalized spacial score (nSPS) is 11.6. The van der Waals surface area contributed by atoms with Crippen molar-refractivity contribution in [1.82, 2.24) is 10.3 Å². The monoisotopic (exact) mass is 236 g/mol. The van der Waals surface area contributed by atoms with Crippen LogP contribution in [0.25, 0.3) is 0 Å². The Bertz CT molecular complexity index is 402. The van der Waals surface area contributed by atoms with Gasteiger partial charge >= 0.3 is 0 Å². The molecule has 0 bridgehead atoms. The highest BCUT2D eigenvalue weighted by atomic mass is 16.2. The van der Waals surface area contributed by atoms with Gasteiger partial charge in [-0.3, -0.25) is 9.59 Å². The number of aromatic nitrogens is 1. The molecule has 0 aliphatic heterocycles. The second-order valence-electron chi connectivity index (χ2n) is 3.56. The maximum atomic E-state index is 11.6. The maximum absolute atomic E-state index is 11.6. The molecule has 2 amide bonds. The predicted molar refractivity (Wildman–Crippen MR) is 64.5 cm³/mol. The molecular formula is C11H16N4O2. The highest BCUT2D eigenvalue weighted by molar-refractivity contribution is 5.97. The minimum atomic E-state index is -0.698. The molecule has 1 heterocycles. The number of carbonyl (C=O) groups is 2. The van der Waals surface area contributed by atoms with Crippen molar-refractivity contribution in [3.05, 3.63) is 23.9 Å². The minimum Gasteiger partial charge on any atom is -0.370 e. The third-order valence-electron chi connectivity index (χ3n) is 2.16. The number of primary amides is 1. The summed E-state index contributed by atoms with van der Waals surface area (Å²) in [4.78, 5) is 26.5. The van der Waals surface area contributed by atoms with Crippen molar-refractivity contribution in [2.75, 3.05) is 11.9 Å². The van der Waals surface area contributed by atoms with E-state index in [1.165, 1.54) is 13.1 Å². The molecule has 0 radical (unpaired) electrons. The Morgan fingerprint density at radius 3 is 2.65 bits per heavy atom. The van der Waals surface area contributed by atoms with E-state index < -0.39 is 11.9 Å². The van der Waals surface area contributed by atoms with Crippen LogP contribution < -0.4 is 16.4 Å². The van der Waals surface area contributed by atoms with E-state index >= 15 is 0 Å². The van der Waals surface area contributed by atoms with E-state index in [0.29, 0.717) is 11.4 Å². The molecule has 1 atom stereocenters. The fourth-order valence-electron chi connectivity index (χ4n) is 1.16. The zero-order chi connectivity index (χ0) is 12.8. The van der Waals surface area contributed by atoms with Crippen molar-refractivity contribution in [2.24, 2.45) is 5.73 Å². The summed E-state index contributed by atoms with van der Waals surface area (Å²) >= 11 is 0. The lowest BCUT2D eigenvalue weighted by Gasteiger charge is -2.10. The predicted octanol–water partition coefficient (Wildman–Crippen LogP) is 0.117. The molecule has 0 aromatic carbocycles. The van der Waals surface area contributed by atoms with Gasteiger partial charge in [0.1, 0.15) is 11.9 Å². The molecule has 0 fully saturated rings. The molecular weight excluding hydrogens is 220 g/mol. The molecule has 1 aromatic heterocycles. The van der Waals surface area contributed by atoms with Crippen molar-refractivity contribution >= 4 is 17.6 Å². The maximum Gasteiger partial charge on any atom is 0.253 e. The Morgan fingerprint density at radius 1 is 1.47 bits per heavy atom. The molecule has 0 aliphatic carbocycles. The third-order valence-corrected chi connectivity index (χ3v) is 2.16. The summed E-state index contributed by atoms with van der Waals surface area (Å²) in [6, 6.07) is 2.64. The van der Waals surface area contributed by atoms with Gasteiger partial charge in [-0.1, -0.05) is 0 Å². The molecule has 92 valence electrons. The SMILES string of the molecule is CCNc1ccc(C(=O)NC(C)C(N)=O)cn1. The van der Waals surface area contributed by atoms with Crippen molar-refractivity contribution in [3.63, 3.8) is 0 Å². The number of nitrogens with two attached hydrogens (primary N) is 1. The number of pyridine rings is 1. The number of anilines is 1. The zero-order valence-corrected chi connectivity index (χ0v) is 9.86. The lowest BCUT2D eigenvalue weighted by molar-refractivity contribution is -0.119. The number of amides is 2. The number of nitrogens with one attached hydrogen (secondary N) is 2. The van der Waals surface area contributed by atoms with Gasteiger partial charge < -0.3 is 16.4 Å². The second-order valence-corrected chi connectivity index (χ2v) is 3.56. The first-order valence-corrected chi connectivity index (χ1v) is 5.34. The smallest absolute Gasteiger partial charge is 0.253 e. The number of hydrogen-bond donors (Lipinski definition) is 3. The molecule has 0 saturated carbocycles. The van der Waals surface area contributed by atoms with E-state index in [1.807, 2.05) is 6.92 Å². The van der Waals surface area contributed by atoms with Crippen LogP contribution in [0.3, 0.4) is 0 Å². The van der Waals surface area contributed by atoms with Crippen LogP contribution in [0.4, 0.5) is 5.82 Å². The standard InChI is InChI=1S/C11H16N4O2/c1-3-13-9-5-4-8(6-14-9)11(17)15-7(2)10(12)16/h4-7H,3H2,1-2H3,(H2,12,16)(H,13,14)(H,15,17). The van der Waals surface area contributed by atoms with E-state index in [-0.39, 0.29) is 5.91 Å². The van der Waals surface area contributed by atoms with Crippen LogP contribution in [-0.4, -0.2) is 29.4 Å². The Hall–Kier alpha value is -2.11. The number of carbonyl (C=O) groups excluding carboxylic acids is 2. The van der Waals surface area contributed by atoms with Gasteiger partial charge in [-0.15, -0.1) is 0 Å². The Balaban J connectivity index is 2.66. The fourth-order valence-corrected chi connectivity index (χ4v) is 1.16. The lowest BCUT2D eigenvalue weighted by Crippen LogP contribution is -2.42. The van der Waals surface area contributed by atoms with E-state index in [2.05, 4.69) is 15.6 Å². The van der Waals surface area contributed by atoms with Crippen molar-refractivity contribution in [3.8, 4) is 0 Å². The van der Waals surface area contributed by atoms with Crippen molar-refractivity contribution in [2.45, 2.75) is 19.9 Å². The van der Waals surface area contributed by atoms with Crippen LogP contribution >= 0.6 is 0 Å². The van der Waals surface area contributed by atoms with Crippen LogP contribution in [0.2, 0.25) is 0 Å². The zero-order valence-electron chi connectivity index (χ0n) is 9.86. The molecule has 0 aliphatic rings. The van der Waals surface area contributed by atoms with E-state index in [9.17, 15) is 9.59 Å². The fraction of sp³-hybridized carbons (Fsp3) is 0.364. The molecule has 17 heavy (non-hydrogen) atoms. The van der Waals surface area contributed by atoms with Gasteiger partial charge in [0.2, 0.25) is 5.91 Å². The summed E-state index contributed by atoms with van der Waals surface area (Å²) in [7, 11) is 0. The molecule has 0 saturated heterocycles. The Morgan fingerprint density at radius 2 is 2.18 bits per heavy atom. The first-order chi connectivity index (χ1) is 8.04. The van der Waals surface area contributed by atoms with E-state index in [0.717, 1.165) is 6.54 Å². The summed E-state index contributed by atoms with van der Waals surface area (Å²) in [6.07, 6.45) is 1.45. The summed E-state index contributed by atoms with van der Waals surface area (Å²) in [6.45, 7) is 4.24. The largest absolute Gasteiger partial charge is 0.370 e.